The van der Waals surface area contributed by atoms with E-state index in [4.69, 9.17) is 0 Å². The Hall–Kier alpha value is -1.44. The van der Waals surface area contributed by atoms with Gasteiger partial charge in [0.15, 0.2) is 5.13 Å². The number of halogens is 1. The van der Waals surface area contributed by atoms with Crippen molar-refractivity contribution in [1.29, 1.82) is 0 Å². The molecule has 1 amide bonds. The molecule has 23 heavy (non-hydrogen) atoms. The molecule has 0 unspecified atom stereocenters. The maximum atomic E-state index is 12.2. The molecule has 0 spiro atoms. The standard InChI is InChI=1S/C16H18BrN3O2S/c17-11-4-5-13(14(21)8-11)15(22)19-16-18-12(10-23-16)9-20-6-2-1-3-7-20/h4-5,8,10,21H,1-3,6-7,9H2,(H,18,19,22). The van der Waals surface area contributed by atoms with E-state index in [1.807, 2.05) is 5.38 Å². The number of thiazole rings is 1. The highest BCUT2D eigenvalue weighted by Crippen LogP contribution is 2.24. The minimum Gasteiger partial charge on any atom is -0.507 e. The van der Waals surface area contributed by atoms with Gasteiger partial charge < -0.3 is 5.11 Å². The van der Waals surface area contributed by atoms with E-state index < -0.39 is 0 Å². The SMILES string of the molecule is O=C(Nc1nc(CN2CCCCC2)cs1)c1ccc(Br)cc1O. The number of phenolic OH excluding ortho intramolecular Hbond substituents is 1. The second kappa shape index (κ2) is 7.42. The number of aromatic nitrogens is 1. The predicted octanol–water partition coefficient (Wildman–Crippen LogP) is 3.85. The smallest absolute Gasteiger partial charge is 0.261 e. The van der Waals surface area contributed by atoms with Gasteiger partial charge in [-0.3, -0.25) is 15.0 Å². The Morgan fingerprint density at radius 2 is 2.13 bits per heavy atom. The number of likely N-dealkylation sites (tertiary alicyclic amines) is 1. The number of aromatic hydroxyl groups is 1. The highest BCUT2D eigenvalue weighted by molar-refractivity contribution is 9.10. The zero-order chi connectivity index (χ0) is 16.2. The van der Waals surface area contributed by atoms with E-state index in [2.05, 4.69) is 31.1 Å². The number of amides is 1. The number of nitrogens with one attached hydrogen (secondary N) is 1. The summed E-state index contributed by atoms with van der Waals surface area (Å²) in [5.74, 6) is -0.407. The third kappa shape index (κ3) is 4.31. The summed E-state index contributed by atoms with van der Waals surface area (Å²) in [5, 5.41) is 15.1. The van der Waals surface area contributed by atoms with Crippen molar-refractivity contribution in [3.8, 4) is 5.75 Å². The molecule has 7 heteroatoms. The zero-order valence-corrected chi connectivity index (χ0v) is 15.0. The highest BCUT2D eigenvalue weighted by atomic mass is 79.9. The third-order valence-corrected chi connectivity index (χ3v) is 5.11. The number of hydrogen-bond acceptors (Lipinski definition) is 5. The van der Waals surface area contributed by atoms with Crippen LogP contribution in [0.4, 0.5) is 5.13 Å². The lowest BCUT2D eigenvalue weighted by molar-refractivity contribution is 0.102. The van der Waals surface area contributed by atoms with Gasteiger partial charge in [-0.2, -0.15) is 0 Å². The van der Waals surface area contributed by atoms with Gasteiger partial charge in [-0.05, 0) is 44.1 Å². The van der Waals surface area contributed by atoms with E-state index in [1.165, 1.54) is 36.7 Å². The normalized spacial score (nSPS) is 15.5. The number of phenols is 1. The third-order valence-electron chi connectivity index (χ3n) is 3.81. The minimum absolute atomic E-state index is 0.0537. The monoisotopic (exact) mass is 395 g/mol. The van der Waals surface area contributed by atoms with Crippen molar-refractivity contribution >= 4 is 38.3 Å². The topological polar surface area (TPSA) is 65.5 Å². The summed E-state index contributed by atoms with van der Waals surface area (Å²) in [7, 11) is 0. The van der Waals surface area contributed by atoms with Gasteiger partial charge in [0.1, 0.15) is 5.75 Å². The van der Waals surface area contributed by atoms with E-state index in [-0.39, 0.29) is 17.2 Å². The number of piperidine rings is 1. The Labute approximate surface area is 147 Å². The fourth-order valence-corrected chi connectivity index (χ4v) is 3.69. The van der Waals surface area contributed by atoms with Crippen LogP contribution in [-0.2, 0) is 6.54 Å². The Balaban J connectivity index is 1.62. The molecular formula is C16H18BrN3O2S. The van der Waals surface area contributed by atoms with E-state index in [0.717, 1.165) is 29.8 Å². The second-order valence-electron chi connectivity index (χ2n) is 5.60. The van der Waals surface area contributed by atoms with E-state index in [0.29, 0.717) is 5.13 Å². The van der Waals surface area contributed by atoms with Gasteiger partial charge in [-0.1, -0.05) is 22.4 Å². The molecule has 1 aromatic carbocycles. The van der Waals surface area contributed by atoms with Crippen LogP contribution in [0, 0.1) is 0 Å². The molecule has 2 heterocycles. The molecule has 0 saturated carbocycles. The Kier molecular flexibility index (Phi) is 5.30. The van der Waals surface area contributed by atoms with Gasteiger partial charge in [0.25, 0.3) is 5.91 Å². The fraction of sp³-hybridized carbons (Fsp3) is 0.375. The summed E-state index contributed by atoms with van der Waals surface area (Å²) in [4.78, 5) is 19.1. The van der Waals surface area contributed by atoms with Crippen LogP contribution in [0.15, 0.2) is 28.1 Å². The molecule has 1 aliphatic rings. The Morgan fingerprint density at radius 3 is 2.87 bits per heavy atom. The first-order valence-electron chi connectivity index (χ1n) is 7.58. The summed E-state index contributed by atoms with van der Waals surface area (Å²) in [6, 6.07) is 4.80. The second-order valence-corrected chi connectivity index (χ2v) is 7.37. The molecule has 1 aliphatic heterocycles. The van der Waals surface area contributed by atoms with Crippen molar-refractivity contribution < 1.29 is 9.90 Å². The number of rotatable bonds is 4. The number of anilines is 1. The minimum atomic E-state index is -0.353. The number of carbonyl (C=O) groups is 1. The number of nitrogens with zero attached hydrogens (tertiary/aromatic N) is 2. The molecule has 1 fully saturated rings. The van der Waals surface area contributed by atoms with Crippen LogP contribution < -0.4 is 5.32 Å². The first-order chi connectivity index (χ1) is 11.1. The quantitative estimate of drug-likeness (QED) is 0.824. The molecule has 0 bridgehead atoms. The Morgan fingerprint density at radius 1 is 1.35 bits per heavy atom. The number of benzene rings is 1. The molecule has 3 rings (SSSR count). The van der Waals surface area contributed by atoms with Gasteiger partial charge in [0.2, 0.25) is 0 Å². The predicted molar refractivity (Wildman–Crippen MR) is 95.0 cm³/mol. The molecule has 5 nitrogen and oxygen atoms in total. The van der Waals surface area contributed by atoms with Gasteiger partial charge in [0.05, 0.1) is 11.3 Å². The van der Waals surface area contributed by atoms with Crippen molar-refractivity contribution in [2.24, 2.45) is 0 Å². The average Bonchev–Trinajstić information content (AvgIpc) is 2.95. The van der Waals surface area contributed by atoms with Crippen LogP contribution in [-0.4, -0.2) is 34.0 Å². The molecule has 1 saturated heterocycles. The summed E-state index contributed by atoms with van der Waals surface area (Å²) in [5.41, 5.74) is 1.22. The molecule has 0 radical (unpaired) electrons. The first-order valence-corrected chi connectivity index (χ1v) is 9.26. The van der Waals surface area contributed by atoms with Crippen LogP contribution in [0.25, 0.3) is 0 Å². The van der Waals surface area contributed by atoms with Crippen LogP contribution in [0.3, 0.4) is 0 Å². The van der Waals surface area contributed by atoms with Crippen LogP contribution in [0.1, 0.15) is 35.3 Å². The summed E-state index contributed by atoms with van der Waals surface area (Å²) in [6.07, 6.45) is 3.80. The van der Waals surface area contributed by atoms with Crippen molar-refractivity contribution in [3.63, 3.8) is 0 Å². The van der Waals surface area contributed by atoms with Crippen molar-refractivity contribution in [2.45, 2.75) is 25.8 Å². The molecule has 122 valence electrons. The molecular weight excluding hydrogens is 378 g/mol. The van der Waals surface area contributed by atoms with Gasteiger partial charge in [-0.15, -0.1) is 11.3 Å². The van der Waals surface area contributed by atoms with Crippen LogP contribution >= 0.6 is 27.3 Å². The first kappa shape index (κ1) is 16.4. The lowest BCUT2D eigenvalue weighted by Crippen LogP contribution is -2.29. The lowest BCUT2D eigenvalue weighted by Gasteiger charge is -2.25. The van der Waals surface area contributed by atoms with Crippen molar-refractivity contribution in [2.75, 3.05) is 18.4 Å². The van der Waals surface area contributed by atoms with E-state index >= 15 is 0 Å². The maximum Gasteiger partial charge on any atom is 0.261 e. The highest BCUT2D eigenvalue weighted by Gasteiger charge is 2.15. The average molecular weight is 396 g/mol. The molecule has 0 atom stereocenters. The largest absolute Gasteiger partial charge is 0.507 e. The molecule has 2 aromatic rings. The van der Waals surface area contributed by atoms with Crippen molar-refractivity contribution in [1.82, 2.24) is 9.88 Å². The van der Waals surface area contributed by atoms with Crippen LogP contribution in [0.2, 0.25) is 0 Å². The van der Waals surface area contributed by atoms with Crippen LogP contribution in [0.5, 0.6) is 5.75 Å². The Bertz CT molecular complexity index is 698. The zero-order valence-electron chi connectivity index (χ0n) is 12.6. The van der Waals surface area contributed by atoms with Gasteiger partial charge >= 0.3 is 0 Å². The summed E-state index contributed by atoms with van der Waals surface area (Å²) >= 11 is 4.67. The fourth-order valence-electron chi connectivity index (χ4n) is 2.64. The molecule has 1 aromatic heterocycles. The van der Waals surface area contributed by atoms with Crippen molar-refractivity contribution in [3.05, 3.63) is 39.3 Å². The lowest BCUT2D eigenvalue weighted by atomic mass is 10.1. The summed E-state index contributed by atoms with van der Waals surface area (Å²) < 4.78 is 0.726. The number of hydrogen-bond donors (Lipinski definition) is 2. The number of carbonyl (C=O) groups excluding carboxylic acids is 1. The summed E-state index contributed by atoms with van der Waals surface area (Å²) in [6.45, 7) is 3.06. The maximum absolute atomic E-state index is 12.2. The molecule has 0 aliphatic carbocycles. The van der Waals surface area contributed by atoms with E-state index in [9.17, 15) is 9.90 Å². The molecule has 2 N–H and O–H groups in total. The van der Waals surface area contributed by atoms with Gasteiger partial charge in [0, 0.05) is 16.4 Å². The van der Waals surface area contributed by atoms with Gasteiger partial charge in [-0.25, -0.2) is 4.98 Å². The van der Waals surface area contributed by atoms with E-state index in [1.54, 1.807) is 12.1 Å².